The van der Waals surface area contributed by atoms with E-state index < -0.39 is 27.8 Å². The van der Waals surface area contributed by atoms with Crippen molar-refractivity contribution in [1.29, 1.82) is 5.26 Å². The molecular formula is C25H17Cl2N5O6S. The van der Waals surface area contributed by atoms with Gasteiger partial charge in [-0.05, 0) is 42.0 Å². The number of anilines is 1. The number of nitrogens with zero attached hydrogens (tertiary/aromatic N) is 3. The number of nitrogens with two attached hydrogens (primary N) is 1. The van der Waals surface area contributed by atoms with E-state index in [1.165, 1.54) is 28.4 Å². The van der Waals surface area contributed by atoms with Crippen LogP contribution in [0.15, 0.2) is 78.0 Å². The molecular weight excluding hydrogens is 569 g/mol. The third-order valence-corrected chi connectivity index (χ3v) is 7.30. The second kappa shape index (κ2) is 11.4. The van der Waals surface area contributed by atoms with Crippen molar-refractivity contribution in [1.82, 2.24) is 3.97 Å². The number of hydrogen-bond acceptors (Lipinski definition) is 9. The summed E-state index contributed by atoms with van der Waals surface area (Å²) < 4.78 is 37.2. The highest BCUT2D eigenvalue weighted by molar-refractivity contribution is 7.89. The van der Waals surface area contributed by atoms with Gasteiger partial charge in [-0.2, -0.15) is 10.4 Å². The lowest BCUT2D eigenvalue weighted by Crippen LogP contribution is -2.24. The first-order valence-electron chi connectivity index (χ1n) is 10.9. The minimum Gasteiger partial charge on any atom is -0.454 e. The standard InChI is InChI=1S/C25H17Cl2N5O6S/c26-19-11-17(30-31-21(13-28)24(33)38-25(29)34)12-20(27)23(19)37-18-6-7-22-16(10-18)8-9-32(22)39(35,36)14-15-4-2-1-3-5-15/h1-12,30H,14H2,(H2,29,34). The molecule has 3 aromatic carbocycles. The van der Waals surface area contributed by atoms with Crippen molar-refractivity contribution in [3.05, 3.63) is 88.5 Å². The summed E-state index contributed by atoms with van der Waals surface area (Å²) in [6.45, 7) is 0. The topological polar surface area (TPSA) is 166 Å². The largest absolute Gasteiger partial charge is 0.454 e. The Hall–Kier alpha value is -4.57. The van der Waals surface area contributed by atoms with Gasteiger partial charge in [-0.15, -0.1) is 0 Å². The molecule has 0 saturated carbocycles. The number of ether oxygens (including phenoxy) is 2. The summed E-state index contributed by atoms with van der Waals surface area (Å²) in [5.41, 5.74) is 7.71. The summed E-state index contributed by atoms with van der Waals surface area (Å²) in [5, 5.41) is 13.3. The molecule has 0 bridgehead atoms. The molecule has 0 aliphatic carbocycles. The van der Waals surface area contributed by atoms with Crippen LogP contribution in [0.2, 0.25) is 10.0 Å². The SMILES string of the molecule is N#CC(=NNc1cc(Cl)c(Oc2ccc3c(ccn3S(=O)(=O)Cc3ccccc3)c2)c(Cl)c1)C(=O)OC(N)=O. The van der Waals surface area contributed by atoms with E-state index in [1.807, 2.05) is 6.07 Å². The van der Waals surface area contributed by atoms with Crippen LogP contribution in [0.25, 0.3) is 10.9 Å². The van der Waals surface area contributed by atoms with E-state index in [0.29, 0.717) is 22.2 Å². The predicted molar refractivity (Wildman–Crippen MR) is 145 cm³/mol. The summed E-state index contributed by atoms with van der Waals surface area (Å²) in [6.07, 6.45) is 0.0849. The van der Waals surface area contributed by atoms with Crippen LogP contribution in [-0.4, -0.2) is 30.2 Å². The summed E-state index contributed by atoms with van der Waals surface area (Å²) in [6, 6.07) is 19.5. The first-order chi connectivity index (χ1) is 18.6. The van der Waals surface area contributed by atoms with E-state index in [0.717, 1.165) is 0 Å². The molecule has 4 aromatic rings. The quantitative estimate of drug-likeness (QED) is 0.126. The van der Waals surface area contributed by atoms with E-state index in [2.05, 4.69) is 15.3 Å². The Labute approximate surface area is 232 Å². The molecule has 39 heavy (non-hydrogen) atoms. The molecule has 0 unspecified atom stereocenters. The summed E-state index contributed by atoms with van der Waals surface area (Å²) >= 11 is 12.7. The highest BCUT2D eigenvalue weighted by atomic mass is 35.5. The smallest absolute Gasteiger partial charge is 0.412 e. The number of nitrogens with one attached hydrogen (secondary N) is 1. The van der Waals surface area contributed by atoms with Crippen molar-refractivity contribution < 1.29 is 27.5 Å². The highest BCUT2D eigenvalue weighted by Crippen LogP contribution is 2.39. The van der Waals surface area contributed by atoms with Gasteiger partial charge in [0.1, 0.15) is 11.8 Å². The molecule has 0 spiro atoms. The lowest BCUT2D eigenvalue weighted by molar-refractivity contribution is -0.129. The number of hydrazone groups is 1. The molecule has 0 atom stereocenters. The zero-order valence-corrected chi connectivity index (χ0v) is 22.0. The van der Waals surface area contributed by atoms with Crippen LogP contribution in [0.1, 0.15) is 5.56 Å². The van der Waals surface area contributed by atoms with Crippen molar-refractivity contribution in [2.75, 3.05) is 5.43 Å². The fourth-order valence-corrected chi connectivity index (χ4v) is 5.50. The molecule has 1 heterocycles. The average molecular weight is 586 g/mol. The van der Waals surface area contributed by atoms with E-state index in [9.17, 15) is 18.0 Å². The van der Waals surface area contributed by atoms with E-state index in [-0.39, 0.29) is 27.2 Å². The maximum absolute atomic E-state index is 13.0. The van der Waals surface area contributed by atoms with E-state index in [4.69, 9.17) is 38.9 Å². The Bertz CT molecular complexity index is 1740. The van der Waals surface area contributed by atoms with Crippen LogP contribution in [0.3, 0.4) is 0 Å². The molecule has 0 saturated heterocycles. The Morgan fingerprint density at radius 1 is 1.05 bits per heavy atom. The number of benzene rings is 3. The number of carbonyl (C=O) groups is 2. The molecule has 0 radical (unpaired) electrons. The highest BCUT2D eigenvalue weighted by Gasteiger charge is 2.19. The van der Waals surface area contributed by atoms with Crippen molar-refractivity contribution in [2.24, 2.45) is 10.8 Å². The van der Waals surface area contributed by atoms with Gasteiger partial charge in [0.2, 0.25) is 15.7 Å². The van der Waals surface area contributed by atoms with Crippen LogP contribution < -0.4 is 15.9 Å². The molecule has 4 rings (SSSR count). The minimum absolute atomic E-state index is 0.0570. The van der Waals surface area contributed by atoms with E-state index in [1.54, 1.807) is 48.5 Å². The average Bonchev–Trinajstić information content (AvgIpc) is 3.31. The summed E-state index contributed by atoms with van der Waals surface area (Å²) in [7, 11) is -3.67. The number of carbonyl (C=O) groups excluding carboxylic acids is 2. The van der Waals surface area contributed by atoms with Gasteiger partial charge in [-0.3, -0.25) is 5.43 Å². The van der Waals surface area contributed by atoms with Gasteiger partial charge in [0.05, 0.1) is 27.0 Å². The molecule has 0 aliphatic rings. The Morgan fingerprint density at radius 3 is 2.38 bits per heavy atom. The zero-order valence-electron chi connectivity index (χ0n) is 19.7. The number of fused-ring (bicyclic) bond motifs is 1. The van der Waals surface area contributed by atoms with Crippen LogP contribution in [0.4, 0.5) is 10.5 Å². The van der Waals surface area contributed by atoms with Gasteiger partial charge in [0, 0.05) is 11.6 Å². The molecule has 0 fully saturated rings. The summed E-state index contributed by atoms with van der Waals surface area (Å²) in [4.78, 5) is 22.3. The molecule has 11 nitrogen and oxygen atoms in total. The number of esters is 1. The Kier molecular flexibility index (Phi) is 8.06. The maximum Gasteiger partial charge on any atom is 0.412 e. The fraction of sp³-hybridized carbons (Fsp3) is 0.0400. The molecule has 1 aromatic heterocycles. The maximum atomic E-state index is 13.0. The number of primary amides is 1. The van der Waals surface area contributed by atoms with Crippen LogP contribution in [-0.2, 0) is 25.3 Å². The third kappa shape index (κ3) is 6.47. The first-order valence-corrected chi connectivity index (χ1v) is 13.2. The molecule has 0 aliphatic heterocycles. The monoisotopic (exact) mass is 585 g/mol. The summed E-state index contributed by atoms with van der Waals surface area (Å²) in [5.74, 6) is -1.07. The van der Waals surface area contributed by atoms with Crippen LogP contribution >= 0.6 is 23.2 Å². The molecule has 14 heteroatoms. The lowest BCUT2D eigenvalue weighted by Gasteiger charge is -2.12. The Morgan fingerprint density at radius 2 is 1.74 bits per heavy atom. The van der Waals surface area contributed by atoms with E-state index >= 15 is 0 Å². The van der Waals surface area contributed by atoms with Gasteiger partial charge >= 0.3 is 12.1 Å². The number of rotatable bonds is 8. The fourth-order valence-electron chi connectivity index (χ4n) is 3.47. The van der Waals surface area contributed by atoms with Gasteiger partial charge in [0.15, 0.2) is 5.75 Å². The van der Waals surface area contributed by atoms with Crippen molar-refractivity contribution in [2.45, 2.75) is 5.75 Å². The third-order valence-electron chi connectivity index (χ3n) is 5.13. The van der Waals surface area contributed by atoms with Gasteiger partial charge in [-0.1, -0.05) is 53.5 Å². The Balaban J connectivity index is 1.53. The van der Waals surface area contributed by atoms with Crippen LogP contribution in [0.5, 0.6) is 11.5 Å². The number of aromatic nitrogens is 1. The number of hydrogen-bond donors (Lipinski definition) is 2. The predicted octanol–water partition coefficient (Wildman–Crippen LogP) is 5.03. The van der Waals surface area contributed by atoms with Crippen molar-refractivity contribution >= 4 is 67.6 Å². The van der Waals surface area contributed by atoms with Crippen molar-refractivity contribution in [3.63, 3.8) is 0 Å². The van der Waals surface area contributed by atoms with Crippen molar-refractivity contribution in [3.8, 4) is 17.6 Å². The second-order valence-corrected chi connectivity index (χ2v) is 10.5. The number of amides is 1. The van der Waals surface area contributed by atoms with Gasteiger partial charge in [0.25, 0.3) is 0 Å². The number of nitriles is 1. The second-order valence-electron chi connectivity index (χ2n) is 7.84. The lowest BCUT2D eigenvalue weighted by atomic mass is 10.2. The first kappa shape index (κ1) is 27.5. The zero-order chi connectivity index (χ0) is 28.2. The van der Waals surface area contributed by atoms with Gasteiger partial charge < -0.3 is 15.2 Å². The number of halogens is 2. The molecule has 1 amide bonds. The molecule has 198 valence electrons. The van der Waals surface area contributed by atoms with Crippen LogP contribution in [0, 0.1) is 11.3 Å². The molecule has 3 N–H and O–H groups in total. The van der Waals surface area contributed by atoms with Gasteiger partial charge in [-0.25, -0.2) is 22.0 Å². The normalized spacial score (nSPS) is 11.6. The minimum atomic E-state index is -3.67.